The van der Waals surface area contributed by atoms with Crippen LogP contribution in [0.5, 0.6) is 11.5 Å². The number of benzene rings is 2. The fourth-order valence-electron chi connectivity index (χ4n) is 3.43. The Morgan fingerprint density at radius 1 is 0.886 bits per heavy atom. The molecule has 0 bridgehead atoms. The fraction of sp³-hybridized carbons (Fsp3) is 0.567. The molecule has 196 valence electrons. The van der Waals surface area contributed by atoms with Gasteiger partial charge >= 0.3 is 0 Å². The van der Waals surface area contributed by atoms with E-state index >= 15 is 0 Å². The lowest BCUT2D eigenvalue weighted by Crippen LogP contribution is -2.26. The lowest BCUT2D eigenvalue weighted by molar-refractivity contribution is 0.0995. The molecule has 0 aliphatic heterocycles. The Morgan fingerprint density at radius 2 is 1.51 bits per heavy atom. The summed E-state index contributed by atoms with van der Waals surface area (Å²) in [5.41, 5.74) is 8.24. The number of para-hydroxylation sites is 1. The van der Waals surface area contributed by atoms with E-state index in [9.17, 15) is 4.79 Å². The van der Waals surface area contributed by atoms with Crippen molar-refractivity contribution in [2.24, 2.45) is 11.7 Å². The van der Waals surface area contributed by atoms with Crippen LogP contribution in [0.1, 0.15) is 89.1 Å². The first-order valence-corrected chi connectivity index (χ1v) is 13.3. The van der Waals surface area contributed by atoms with Crippen LogP contribution in [0.25, 0.3) is 0 Å². The minimum Gasteiger partial charge on any atom is -0.492 e. The number of carbonyl (C=O) groups excluding carboxylic acids is 1. The van der Waals surface area contributed by atoms with E-state index in [1.54, 1.807) is 18.2 Å². The largest absolute Gasteiger partial charge is 0.492 e. The summed E-state index contributed by atoms with van der Waals surface area (Å²) in [5.74, 6) is 1.59. The molecular formula is C30H48N2O3. The number of nitrogens with zero attached hydrogens (tertiary/aromatic N) is 1. The number of anilines is 1. The molecule has 0 spiro atoms. The highest BCUT2D eigenvalue weighted by Crippen LogP contribution is 2.30. The lowest BCUT2D eigenvalue weighted by atomic mass is 10.1. The average molecular weight is 485 g/mol. The summed E-state index contributed by atoms with van der Waals surface area (Å²) in [6, 6.07) is 13.6. The molecule has 35 heavy (non-hydrogen) atoms. The summed E-state index contributed by atoms with van der Waals surface area (Å²) >= 11 is 0. The second-order valence-electron chi connectivity index (χ2n) is 9.43. The first-order valence-electron chi connectivity index (χ1n) is 13.3. The Hall–Kier alpha value is -2.69. The number of nitrogens with two attached hydrogens (primary N) is 1. The number of primary amides is 1. The molecule has 0 heterocycles. The maximum absolute atomic E-state index is 11.0. The molecule has 2 aromatic carbocycles. The molecule has 2 N–H and O–H groups in total. The summed E-state index contributed by atoms with van der Waals surface area (Å²) in [7, 11) is 0. The number of rotatable bonds is 15. The topological polar surface area (TPSA) is 64.8 Å². The van der Waals surface area contributed by atoms with Gasteiger partial charge in [-0.15, -0.1) is 0 Å². The standard InChI is InChI=1S/C19H33NO.C11H15NO2/c1-5-8-13-20(14-9-6-2)18-16-17(4)11-12-19(18)21-15-10-7-3;1-8(2)7-14-10-6-4-3-5-9(10)11(12)13/h11-12,16H,5-10,13-15H2,1-4H3;3-6,8H,7H2,1-2H3,(H2,12,13). The van der Waals surface area contributed by atoms with Crippen LogP contribution >= 0.6 is 0 Å². The van der Waals surface area contributed by atoms with E-state index in [1.165, 1.54) is 43.4 Å². The molecule has 0 radical (unpaired) electrons. The van der Waals surface area contributed by atoms with E-state index in [-0.39, 0.29) is 0 Å². The molecule has 0 saturated carbocycles. The molecule has 5 heteroatoms. The van der Waals surface area contributed by atoms with Crippen molar-refractivity contribution in [1.82, 2.24) is 0 Å². The molecule has 0 saturated heterocycles. The van der Waals surface area contributed by atoms with Crippen LogP contribution in [0.3, 0.4) is 0 Å². The highest BCUT2D eigenvalue weighted by molar-refractivity contribution is 5.95. The van der Waals surface area contributed by atoms with E-state index in [4.69, 9.17) is 15.2 Å². The Morgan fingerprint density at radius 3 is 2.09 bits per heavy atom. The smallest absolute Gasteiger partial charge is 0.252 e. The molecule has 2 aromatic rings. The summed E-state index contributed by atoms with van der Waals surface area (Å²) in [6.07, 6.45) is 7.26. The molecule has 1 amide bonds. The van der Waals surface area contributed by atoms with Gasteiger partial charge in [-0.3, -0.25) is 4.79 Å². The van der Waals surface area contributed by atoms with Gasteiger partial charge in [-0.05, 0) is 61.9 Å². The van der Waals surface area contributed by atoms with E-state index in [0.29, 0.717) is 23.8 Å². The van der Waals surface area contributed by atoms with Crippen LogP contribution in [-0.2, 0) is 0 Å². The van der Waals surface area contributed by atoms with Crippen LogP contribution in [0.2, 0.25) is 0 Å². The highest BCUT2D eigenvalue weighted by Gasteiger charge is 2.12. The third kappa shape index (κ3) is 12.0. The van der Waals surface area contributed by atoms with Gasteiger partial charge in [-0.2, -0.15) is 0 Å². The second-order valence-corrected chi connectivity index (χ2v) is 9.43. The summed E-state index contributed by atoms with van der Waals surface area (Å²) in [5, 5.41) is 0. The SMILES string of the molecule is CC(C)COc1ccccc1C(N)=O.CCCCOc1ccc(C)cc1N(CCCC)CCCC. The van der Waals surface area contributed by atoms with Gasteiger partial charge in [-0.1, -0.05) is 72.1 Å². The first kappa shape index (κ1) is 30.3. The maximum Gasteiger partial charge on any atom is 0.252 e. The molecule has 0 atom stereocenters. The van der Waals surface area contributed by atoms with Crippen LogP contribution in [-0.4, -0.2) is 32.2 Å². The van der Waals surface area contributed by atoms with Gasteiger partial charge < -0.3 is 20.1 Å². The van der Waals surface area contributed by atoms with Gasteiger partial charge in [0, 0.05) is 13.1 Å². The monoisotopic (exact) mass is 484 g/mol. The summed E-state index contributed by atoms with van der Waals surface area (Å²) in [6.45, 7) is 16.6. The number of hydrogen-bond acceptors (Lipinski definition) is 4. The predicted molar refractivity (Wildman–Crippen MR) is 149 cm³/mol. The van der Waals surface area contributed by atoms with Crippen molar-refractivity contribution in [3.05, 3.63) is 53.6 Å². The number of aryl methyl sites for hydroxylation is 1. The molecule has 0 unspecified atom stereocenters. The number of hydrogen-bond donors (Lipinski definition) is 1. The van der Waals surface area contributed by atoms with Crippen molar-refractivity contribution in [3.63, 3.8) is 0 Å². The average Bonchev–Trinajstić information content (AvgIpc) is 2.84. The second kappa shape index (κ2) is 17.7. The number of unbranched alkanes of at least 4 members (excludes halogenated alkanes) is 3. The number of ether oxygens (including phenoxy) is 2. The van der Waals surface area contributed by atoms with Crippen molar-refractivity contribution in [2.45, 2.75) is 80.1 Å². The zero-order chi connectivity index (χ0) is 26.1. The molecule has 0 aliphatic rings. The molecule has 0 aromatic heterocycles. The van der Waals surface area contributed by atoms with E-state index in [0.717, 1.165) is 31.9 Å². The summed E-state index contributed by atoms with van der Waals surface area (Å²) < 4.78 is 11.5. The molecule has 5 nitrogen and oxygen atoms in total. The molecule has 0 aliphatic carbocycles. The first-order chi connectivity index (χ1) is 16.8. The third-order valence-electron chi connectivity index (χ3n) is 5.50. The van der Waals surface area contributed by atoms with E-state index in [2.05, 4.69) is 50.8 Å². The lowest BCUT2D eigenvalue weighted by Gasteiger charge is -2.27. The van der Waals surface area contributed by atoms with Gasteiger partial charge in [0.2, 0.25) is 0 Å². The van der Waals surface area contributed by atoms with Crippen LogP contribution in [0.4, 0.5) is 5.69 Å². The molecule has 0 fully saturated rings. The van der Waals surface area contributed by atoms with Gasteiger partial charge in [0.1, 0.15) is 11.5 Å². The van der Waals surface area contributed by atoms with Crippen molar-refractivity contribution < 1.29 is 14.3 Å². The number of amides is 1. The van der Waals surface area contributed by atoms with Crippen molar-refractivity contribution in [3.8, 4) is 11.5 Å². The molecular weight excluding hydrogens is 436 g/mol. The molecule has 2 rings (SSSR count). The zero-order valence-corrected chi connectivity index (χ0v) is 22.9. The van der Waals surface area contributed by atoms with Crippen molar-refractivity contribution in [2.75, 3.05) is 31.2 Å². The van der Waals surface area contributed by atoms with E-state index < -0.39 is 5.91 Å². The Labute approximate surface area is 214 Å². The highest BCUT2D eigenvalue weighted by atomic mass is 16.5. The van der Waals surface area contributed by atoms with Crippen molar-refractivity contribution >= 4 is 11.6 Å². The van der Waals surface area contributed by atoms with Crippen LogP contribution < -0.4 is 20.1 Å². The quantitative estimate of drug-likeness (QED) is 0.267. The predicted octanol–water partition coefficient (Wildman–Crippen LogP) is 7.40. The van der Waals surface area contributed by atoms with Gasteiger partial charge in [-0.25, -0.2) is 0 Å². The van der Waals surface area contributed by atoms with E-state index in [1.807, 2.05) is 19.9 Å². The Balaban J connectivity index is 0.000000379. The van der Waals surface area contributed by atoms with Crippen LogP contribution in [0, 0.1) is 12.8 Å². The fourth-order valence-corrected chi connectivity index (χ4v) is 3.43. The van der Waals surface area contributed by atoms with Gasteiger partial charge in [0.25, 0.3) is 5.91 Å². The summed E-state index contributed by atoms with van der Waals surface area (Å²) in [4.78, 5) is 13.5. The maximum atomic E-state index is 11.0. The van der Waals surface area contributed by atoms with Gasteiger partial charge in [0.15, 0.2) is 0 Å². The Bertz CT molecular complexity index is 843. The minimum absolute atomic E-state index is 0.427. The normalized spacial score (nSPS) is 10.5. The zero-order valence-electron chi connectivity index (χ0n) is 22.9. The van der Waals surface area contributed by atoms with Crippen molar-refractivity contribution in [1.29, 1.82) is 0 Å². The third-order valence-corrected chi connectivity index (χ3v) is 5.50. The Kier molecular flexibility index (Phi) is 15.3. The minimum atomic E-state index is -0.454. The van der Waals surface area contributed by atoms with Crippen LogP contribution in [0.15, 0.2) is 42.5 Å². The van der Waals surface area contributed by atoms with Gasteiger partial charge in [0.05, 0.1) is 24.5 Å². The number of carbonyl (C=O) groups is 1.